The first-order valence-corrected chi connectivity index (χ1v) is 8.10. The number of benzene rings is 1. The maximum Gasteiger partial charge on any atom is 0.163 e. The Kier molecular flexibility index (Phi) is 4.09. The summed E-state index contributed by atoms with van der Waals surface area (Å²) in [5.41, 5.74) is 3.56. The molecule has 108 valence electrons. The molecule has 0 spiro atoms. The average Bonchev–Trinajstić information content (AvgIpc) is 3.29. The van der Waals surface area contributed by atoms with Crippen LogP contribution >= 0.6 is 0 Å². The molecule has 2 aliphatic carbocycles. The third-order valence-corrected chi connectivity index (χ3v) is 4.44. The summed E-state index contributed by atoms with van der Waals surface area (Å²) in [4.78, 5) is 12.3. The molecule has 1 aromatic carbocycles. The zero-order valence-electron chi connectivity index (χ0n) is 12.4. The van der Waals surface area contributed by atoms with Crippen LogP contribution in [0, 0.1) is 5.92 Å². The molecule has 2 heteroatoms. The number of rotatable bonds is 6. The van der Waals surface area contributed by atoms with E-state index in [9.17, 15) is 4.79 Å². The zero-order valence-corrected chi connectivity index (χ0v) is 12.4. The third kappa shape index (κ3) is 2.89. The van der Waals surface area contributed by atoms with E-state index in [4.69, 9.17) is 4.74 Å². The van der Waals surface area contributed by atoms with Crippen LogP contribution in [0.1, 0.15) is 66.9 Å². The van der Waals surface area contributed by atoms with Crippen molar-refractivity contribution in [1.82, 2.24) is 0 Å². The molecule has 3 rings (SSSR count). The highest BCUT2D eigenvalue weighted by atomic mass is 16.5. The van der Waals surface area contributed by atoms with Gasteiger partial charge in [-0.15, -0.1) is 0 Å². The van der Waals surface area contributed by atoms with Gasteiger partial charge < -0.3 is 4.74 Å². The lowest BCUT2D eigenvalue weighted by atomic mass is 9.85. The summed E-state index contributed by atoms with van der Waals surface area (Å²) in [6.07, 6.45) is 8.75. The quantitative estimate of drug-likeness (QED) is 0.720. The smallest absolute Gasteiger partial charge is 0.163 e. The molecule has 1 saturated carbocycles. The number of carbonyl (C=O) groups excluding carboxylic acids is 1. The highest BCUT2D eigenvalue weighted by Crippen LogP contribution is 2.35. The lowest BCUT2D eigenvalue weighted by Crippen LogP contribution is -2.13. The lowest BCUT2D eigenvalue weighted by molar-refractivity contribution is 0.0980. The number of carbonyl (C=O) groups is 1. The fourth-order valence-corrected chi connectivity index (χ4v) is 3.09. The van der Waals surface area contributed by atoms with Crippen molar-refractivity contribution in [2.75, 3.05) is 6.61 Å². The van der Waals surface area contributed by atoms with Gasteiger partial charge in [-0.25, -0.2) is 0 Å². The monoisotopic (exact) mass is 272 g/mol. The van der Waals surface area contributed by atoms with Crippen molar-refractivity contribution in [2.24, 2.45) is 5.92 Å². The van der Waals surface area contributed by atoms with Crippen molar-refractivity contribution in [3.8, 4) is 5.75 Å². The second kappa shape index (κ2) is 5.99. The van der Waals surface area contributed by atoms with Crippen molar-refractivity contribution in [2.45, 2.75) is 58.3 Å². The Balaban J connectivity index is 1.87. The number of hydrogen-bond acceptors (Lipinski definition) is 2. The predicted molar refractivity (Wildman–Crippen MR) is 80.5 cm³/mol. The van der Waals surface area contributed by atoms with E-state index in [0.29, 0.717) is 12.2 Å². The molecule has 0 amide bonds. The second-order valence-electron chi connectivity index (χ2n) is 6.20. The molecule has 0 bridgehead atoms. The van der Waals surface area contributed by atoms with E-state index in [2.05, 4.69) is 6.92 Å². The summed E-state index contributed by atoms with van der Waals surface area (Å²) in [7, 11) is 0. The van der Waals surface area contributed by atoms with Gasteiger partial charge in [0.25, 0.3) is 0 Å². The zero-order chi connectivity index (χ0) is 13.9. The standard InChI is InChI=1S/C18H24O2/c1-2-5-17(19)15-10-11-18(20-12-13-8-9-13)16-7-4-3-6-14(15)16/h10-11,13H,2-9,12H2,1H3. The predicted octanol–water partition coefficient (Wildman–Crippen LogP) is 4.34. The summed E-state index contributed by atoms with van der Waals surface area (Å²) in [5.74, 6) is 2.12. The molecule has 0 radical (unpaired) electrons. The van der Waals surface area contributed by atoms with Gasteiger partial charge in [0.15, 0.2) is 5.78 Å². The van der Waals surface area contributed by atoms with Crippen LogP contribution in [-0.4, -0.2) is 12.4 Å². The van der Waals surface area contributed by atoms with Crippen LogP contribution in [0.25, 0.3) is 0 Å². The van der Waals surface area contributed by atoms with E-state index in [-0.39, 0.29) is 0 Å². The van der Waals surface area contributed by atoms with E-state index in [1.807, 2.05) is 12.1 Å². The fraction of sp³-hybridized carbons (Fsp3) is 0.611. The van der Waals surface area contributed by atoms with E-state index in [1.54, 1.807) is 0 Å². The van der Waals surface area contributed by atoms with Crippen LogP contribution in [0.5, 0.6) is 5.75 Å². The molecule has 1 aromatic rings. The Bertz CT molecular complexity index is 500. The van der Waals surface area contributed by atoms with Gasteiger partial charge in [-0.1, -0.05) is 6.92 Å². The normalized spacial score (nSPS) is 17.6. The second-order valence-corrected chi connectivity index (χ2v) is 6.20. The molecule has 2 aliphatic rings. The molecule has 0 atom stereocenters. The van der Waals surface area contributed by atoms with Crippen LogP contribution in [0.4, 0.5) is 0 Å². The minimum absolute atomic E-state index is 0.305. The van der Waals surface area contributed by atoms with Gasteiger partial charge >= 0.3 is 0 Å². The molecule has 0 aliphatic heterocycles. The van der Waals surface area contributed by atoms with Gasteiger partial charge in [-0.3, -0.25) is 4.79 Å². The van der Waals surface area contributed by atoms with Crippen molar-refractivity contribution >= 4 is 5.78 Å². The minimum atomic E-state index is 0.305. The molecule has 20 heavy (non-hydrogen) atoms. The number of fused-ring (bicyclic) bond motifs is 1. The number of hydrogen-bond donors (Lipinski definition) is 0. The number of Topliss-reactive ketones (excluding diaryl/α,β-unsaturated/α-hetero) is 1. The minimum Gasteiger partial charge on any atom is -0.493 e. The van der Waals surface area contributed by atoms with E-state index in [1.165, 1.54) is 36.8 Å². The average molecular weight is 272 g/mol. The molecule has 0 N–H and O–H groups in total. The maximum absolute atomic E-state index is 12.3. The van der Waals surface area contributed by atoms with Gasteiger partial charge in [0.1, 0.15) is 5.75 Å². The first kappa shape index (κ1) is 13.7. The molecule has 1 fully saturated rings. The highest BCUT2D eigenvalue weighted by Gasteiger charge is 2.24. The summed E-state index contributed by atoms with van der Waals surface area (Å²) < 4.78 is 6.01. The van der Waals surface area contributed by atoms with Gasteiger partial charge in [0, 0.05) is 12.0 Å². The molecular formula is C18H24O2. The Morgan fingerprint density at radius 2 is 1.95 bits per heavy atom. The highest BCUT2D eigenvalue weighted by molar-refractivity contribution is 5.98. The van der Waals surface area contributed by atoms with Gasteiger partial charge in [-0.2, -0.15) is 0 Å². The van der Waals surface area contributed by atoms with Crippen molar-refractivity contribution in [1.29, 1.82) is 0 Å². The molecule has 0 heterocycles. The Morgan fingerprint density at radius 1 is 1.20 bits per heavy atom. The summed E-state index contributed by atoms with van der Waals surface area (Å²) in [6.45, 7) is 2.92. The maximum atomic E-state index is 12.3. The van der Waals surface area contributed by atoms with Crippen LogP contribution in [0.15, 0.2) is 12.1 Å². The summed E-state index contributed by atoms with van der Waals surface area (Å²) >= 11 is 0. The lowest BCUT2D eigenvalue weighted by Gasteiger charge is -2.22. The summed E-state index contributed by atoms with van der Waals surface area (Å²) in [5, 5.41) is 0. The summed E-state index contributed by atoms with van der Waals surface area (Å²) in [6, 6.07) is 4.04. The van der Waals surface area contributed by atoms with Gasteiger partial charge in [0.2, 0.25) is 0 Å². The van der Waals surface area contributed by atoms with Crippen LogP contribution < -0.4 is 4.74 Å². The number of ether oxygens (including phenoxy) is 1. The third-order valence-electron chi connectivity index (χ3n) is 4.44. The Morgan fingerprint density at radius 3 is 2.65 bits per heavy atom. The molecule has 0 aromatic heterocycles. The molecular weight excluding hydrogens is 248 g/mol. The van der Waals surface area contributed by atoms with Crippen molar-refractivity contribution in [3.05, 3.63) is 28.8 Å². The van der Waals surface area contributed by atoms with Gasteiger partial charge in [0.05, 0.1) is 6.61 Å². The van der Waals surface area contributed by atoms with E-state index < -0.39 is 0 Å². The Labute approximate surface area is 121 Å². The van der Waals surface area contributed by atoms with Gasteiger partial charge in [-0.05, 0) is 74.1 Å². The topological polar surface area (TPSA) is 26.3 Å². The van der Waals surface area contributed by atoms with Crippen molar-refractivity contribution in [3.63, 3.8) is 0 Å². The van der Waals surface area contributed by atoms with E-state index >= 15 is 0 Å². The molecule has 0 unspecified atom stereocenters. The van der Waals surface area contributed by atoms with Crippen LogP contribution in [-0.2, 0) is 12.8 Å². The number of ketones is 1. The fourth-order valence-electron chi connectivity index (χ4n) is 3.09. The molecule has 0 saturated heterocycles. The Hall–Kier alpha value is -1.31. The first-order valence-electron chi connectivity index (χ1n) is 8.10. The molecule has 2 nitrogen and oxygen atoms in total. The SMILES string of the molecule is CCCC(=O)c1ccc(OCC2CC2)c2c1CCCC2. The van der Waals surface area contributed by atoms with Crippen LogP contribution in [0.3, 0.4) is 0 Å². The van der Waals surface area contributed by atoms with Crippen molar-refractivity contribution < 1.29 is 9.53 Å². The first-order chi connectivity index (χ1) is 9.79. The van der Waals surface area contributed by atoms with Crippen LogP contribution in [0.2, 0.25) is 0 Å². The largest absolute Gasteiger partial charge is 0.493 e. The van der Waals surface area contributed by atoms with E-state index in [0.717, 1.165) is 43.1 Å².